The smallest absolute Gasteiger partial charge is 0.337 e. The van der Waals surface area contributed by atoms with Crippen LogP contribution in [0, 0.1) is 0 Å². The van der Waals surface area contributed by atoms with Crippen molar-refractivity contribution >= 4 is 23.6 Å². The number of methoxy groups -OCH3 is 1. The second-order valence-electron chi connectivity index (χ2n) is 5.20. The molecule has 7 nitrogen and oxygen atoms in total. The maximum Gasteiger partial charge on any atom is 0.337 e. The summed E-state index contributed by atoms with van der Waals surface area (Å²) in [6.07, 6.45) is 1.83. The van der Waals surface area contributed by atoms with Crippen LogP contribution >= 0.6 is 11.8 Å². The summed E-state index contributed by atoms with van der Waals surface area (Å²) in [5.74, 6) is 0.198. The number of ether oxygens (including phenoxy) is 1. The first kappa shape index (κ1) is 15.5. The van der Waals surface area contributed by atoms with Gasteiger partial charge in [0.15, 0.2) is 0 Å². The molecule has 0 radical (unpaired) electrons. The molecule has 1 saturated heterocycles. The van der Waals surface area contributed by atoms with Gasteiger partial charge < -0.3 is 9.64 Å². The summed E-state index contributed by atoms with van der Waals surface area (Å²) in [5, 5.41) is 8.18. The summed E-state index contributed by atoms with van der Waals surface area (Å²) in [7, 11) is 3.13. The Kier molecular flexibility index (Phi) is 4.33. The summed E-state index contributed by atoms with van der Waals surface area (Å²) in [6, 6.07) is 7.19. The molecule has 1 amide bonds. The molecule has 120 valence electrons. The van der Waals surface area contributed by atoms with Crippen LogP contribution in [0.3, 0.4) is 0 Å². The monoisotopic (exact) mass is 332 g/mol. The van der Waals surface area contributed by atoms with Crippen LogP contribution in [-0.4, -0.2) is 51.7 Å². The highest BCUT2D eigenvalue weighted by Crippen LogP contribution is 2.35. The number of carbonyl (C=O) groups is 2. The van der Waals surface area contributed by atoms with E-state index in [0.29, 0.717) is 17.9 Å². The maximum atomic E-state index is 11.6. The van der Waals surface area contributed by atoms with E-state index in [2.05, 4.69) is 10.3 Å². The van der Waals surface area contributed by atoms with Crippen molar-refractivity contribution in [3.05, 3.63) is 47.3 Å². The molecule has 3 rings (SSSR count). The number of esters is 1. The Morgan fingerprint density at radius 3 is 3.00 bits per heavy atom. The lowest BCUT2D eigenvalue weighted by atomic mass is 10.1. The van der Waals surface area contributed by atoms with Crippen LogP contribution in [0.1, 0.15) is 27.0 Å². The summed E-state index contributed by atoms with van der Waals surface area (Å²) in [4.78, 5) is 24.8. The van der Waals surface area contributed by atoms with E-state index in [-0.39, 0.29) is 17.3 Å². The first-order chi connectivity index (χ1) is 11.1. The van der Waals surface area contributed by atoms with Crippen LogP contribution in [0.25, 0.3) is 0 Å². The van der Waals surface area contributed by atoms with Gasteiger partial charge in [-0.1, -0.05) is 17.3 Å². The minimum absolute atomic E-state index is 0.0855. The number of benzene rings is 1. The minimum atomic E-state index is -0.367. The molecule has 1 fully saturated rings. The Labute approximate surface area is 137 Å². The van der Waals surface area contributed by atoms with Gasteiger partial charge in [-0.25, -0.2) is 9.48 Å². The van der Waals surface area contributed by atoms with Gasteiger partial charge in [-0.15, -0.1) is 16.9 Å². The molecule has 1 aliphatic rings. The number of thioether (sulfide) groups is 1. The highest BCUT2D eigenvalue weighted by atomic mass is 32.2. The first-order valence-corrected chi connectivity index (χ1v) is 8.08. The van der Waals surface area contributed by atoms with Crippen molar-refractivity contribution in [1.29, 1.82) is 0 Å². The minimum Gasteiger partial charge on any atom is -0.465 e. The number of nitrogens with zero attached hydrogens (tertiary/aromatic N) is 4. The zero-order chi connectivity index (χ0) is 16.4. The summed E-state index contributed by atoms with van der Waals surface area (Å²) >= 11 is 1.54. The average Bonchev–Trinajstić information content (AvgIpc) is 3.14. The highest BCUT2D eigenvalue weighted by molar-refractivity contribution is 8.00. The number of hydrogen-bond acceptors (Lipinski definition) is 6. The third-order valence-corrected chi connectivity index (χ3v) is 4.90. The van der Waals surface area contributed by atoms with Gasteiger partial charge in [-0.05, 0) is 17.7 Å². The molecule has 1 aromatic carbocycles. The standard InChI is InChI=1S/C15H16N4O3S/c1-18-13(20)9-23-14(18)12-8-19(17-16-12)7-10-4-3-5-11(6-10)15(21)22-2/h3-6,8,14H,7,9H2,1-2H3/t14-/m1/s1. The Morgan fingerprint density at radius 1 is 1.48 bits per heavy atom. The number of amides is 1. The lowest BCUT2D eigenvalue weighted by molar-refractivity contribution is -0.126. The SMILES string of the molecule is COC(=O)c1cccc(Cn2cc([C@H]3SCC(=O)N3C)nn2)c1. The van der Waals surface area contributed by atoms with Crippen LogP contribution in [0.2, 0.25) is 0 Å². The highest BCUT2D eigenvalue weighted by Gasteiger charge is 2.31. The van der Waals surface area contributed by atoms with Crippen molar-refractivity contribution in [1.82, 2.24) is 19.9 Å². The van der Waals surface area contributed by atoms with Gasteiger partial charge in [0.2, 0.25) is 5.91 Å². The van der Waals surface area contributed by atoms with Gasteiger partial charge in [0, 0.05) is 7.05 Å². The van der Waals surface area contributed by atoms with Crippen LogP contribution in [0.15, 0.2) is 30.5 Å². The molecule has 1 aromatic heterocycles. The first-order valence-electron chi connectivity index (χ1n) is 7.03. The van der Waals surface area contributed by atoms with Gasteiger partial charge in [0.05, 0.1) is 31.2 Å². The van der Waals surface area contributed by atoms with Crippen LogP contribution < -0.4 is 0 Å². The van der Waals surface area contributed by atoms with Crippen molar-refractivity contribution in [3.8, 4) is 0 Å². The Morgan fingerprint density at radius 2 is 2.30 bits per heavy atom. The lowest BCUT2D eigenvalue weighted by Crippen LogP contribution is -2.23. The molecule has 8 heteroatoms. The molecule has 1 atom stereocenters. The van der Waals surface area contributed by atoms with Crippen molar-refractivity contribution in [2.75, 3.05) is 19.9 Å². The second kappa shape index (κ2) is 6.41. The van der Waals surface area contributed by atoms with Gasteiger partial charge in [0.25, 0.3) is 0 Å². The normalized spacial score (nSPS) is 17.6. The summed E-state index contributed by atoms with van der Waals surface area (Å²) in [6.45, 7) is 0.493. The maximum absolute atomic E-state index is 11.6. The van der Waals surface area contributed by atoms with E-state index in [9.17, 15) is 9.59 Å². The third-order valence-electron chi connectivity index (χ3n) is 3.61. The van der Waals surface area contributed by atoms with E-state index in [1.54, 1.807) is 46.6 Å². The number of hydrogen-bond donors (Lipinski definition) is 0. The fourth-order valence-corrected chi connectivity index (χ4v) is 3.51. The topological polar surface area (TPSA) is 77.3 Å². The summed E-state index contributed by atoms with van der Waals surface area (Å²) in [5.41, 5.74) is 2.18. The molecule has 0 spiro atoms. The van der Waals surface area contributed by atoms with E-state index in [1.807, 2.05) is 12.3 Å². The van der Waals surface area contributed by atoms with Crippen LogP contribution in [-0.2, 0) is 16.1 Å². The molecule has 2 aromatic rings. The van der Waals surface area contributed by atoms with Crippen molar-refractivity contribution < 1.29 is 14.3 Å². The molecule has 2 heterocycles. The average molecular weight is 332 g/mol. The predicted octanol–water partition coefficient (Wildman–Crippen LogP) is 1.32. The predicted molar refractivity (Wildman–Crippen MR) is 84.9 cm³/mol. The molecule has 1 aliphatic heterocycles. The molecular weight excluding hydrogens is 316 g/mol. The molecule has 0 saturated carbocycles. The Hall–Kier alpha value is -2.35. The number of aromatic nitrogens is 3. The fourth-order valence-electron chi connectivity index (χ4n) is 2.38. The molecule has 23 heavy (non-hydrogen) atoms. The molecule has 0 aliphatic carbocycles. The van der Waals surface area contributed by atoms with E-state index >= 15 is 0 Å². The van der Waals surface area contributed by atoms with Crippen LogP contribution in [0.5, 0.6) is 0 Å². The quantitative estimate of drug-likeness (QED) is 0.786. The zero-order valence-corrected chi connectivity index (χ0v) is 13.6. The molecule has 0 unspecified atom stereocenters. The van der Waals surface area contributed by atoms with Crippen LogP contribution in [0.4, 0.5) is 0 Å². The third kappa shape index (κ3) is 3.21. The molecule has 0 N–H and O–H groups in total. The largest absolute Gasteiger partial charge is 0.465 e. The van der Waals surface area contributed by atoms with Gasteiger partial charge in [0.1, 0.15) is 11.1 Å². The van der Waals surface area contributed by atoms with Gasteiger partial charge >= 0.3 is 5.97 Å². The van der Waals surface area contributed by atoms with Gasteiger partial charge in [-0.3, -0.25) is 4.79 Å². The van der Waals surface area contributed by atoms with Crippen molar-refractivity contribution in [3.63, 3.8) is 0 Å². The number of rotatable bonds is 4. The fraction of sp³-hybridized carbons (Fsp3) is 0.333. The second-order valence-corrected chi connectivity index (χ2v) is 6.27. The van der Waals surface area contributed by atoms with E-state index in [4.69, 9.17) is 4.74 Å². The van der Waals surface area contributed by atoms with Gasteiger partial charge in [-0.2, -0.15) is 0 Å². The van der Waals surface area contributed by atoms with E-state index < -0.39 is 0 Å². The summed E-state index contributed by atoms with van der Waals surface area (Å²) < 4.78 is 6.42. The van der Waals surface area contributed by atoms with E-state index in [1.165, 1.54) is 7.11 Å². The lowest BCUT2D eigenvalue weighted by Gasteiger charge is -2.15. The number of carbonyl (C=O) groups excluding carboxylic acids is 2. The van der Waals surface area contributed by atoms with Crippen molar-refractivity contribution in [2.24, 2.45) is 0 Å². The Bertz CT molecular complexity index is 746. The zero-order valence-electron chi connectivity index (χ0n) is 12.8. The van der Waals surface area contributed by atoms with Crippen molar-refractivity contribution in [2.45, 2.75) is 11.9 Å². The molecular formula is C15H16N4O3S. The Balaban J connectivity index is 1.75. The van der Waals surface area contributed by atoms with E-state index in [0.717, 1.165) is 11.3 Å². The molecule has 0 bridgehead atoms.